The van der Waals surface area contributed by atoms with Crippen molar-refractivity contribution in [1.82, 2.24) is 23.8 Å². The van der Waals surface area contributed by atoms with Gasteiger partial charge in [-0.25, -0.2) is 0 Å². The van der Waals surface area contributed by atoms with Gasteiger partial charge in [0.05, 0.1) is 19.7 Å². The Morgan fingerprint density at radius 3 is 2.49 bits per heavy atom. The van der Waals surface area contributed by atoms with Crippen LogP contribution < -0.4 is 10.4 Å². The number of nitrogens with one attached hydrogen (secondary N) is 1. The first-order valence-corrected chi connectivity index (χ1v) is 12.7. The quantitative estimate of drug-likeness (QED) is 0.300. The Balaban J connectivity index is 1.63. The molecule has 0 fully saturated rings. The van der Waals surface area contributed by atoms with Crippen molar-refractivity contribution in [3.05, 3.63) is 88.6 Å². The molecule has 1 aliphatic rings. The van der Waals surface area contributed by atoms with E-state index in [9.17, 15) is 26.7 Å². The molecule has 4 aromatic rings. The highest BCUT2D eigenvalue weighted by Crippen LogP contribution is 2.40. The summed E-state index contributed by atoms with van der Waals surface area (Å²) in [5, 5.41) is 11.7. The molecule has 41 heavy (non-hydrogen) atoms. The Morgan fingerprint density at radius 2 is 1.83 bits per heavy atom. The van der Waals surface area contributed by atoms with E-state index in [2.05, 4.69) is 5.10 Å². The Labute approximate surface area is 231 Å². The summed E-state index contributed by atoms with van der Waals surface area (Å²) >= 11 is 0. The molecule has 0 saturated heterocycles. The van der Waals surface area contributed by atoms with Crippen molar-refractivity contribution >= 4 is 5.91 Å². The number of benzene rings is 2. The molecule has 1 aliphatic heterocycles. The SMILES string of the molecule is COc1cccc([C@H](C)N2CCc3c(cc(Cn4ccn(C(F)F)c4=N)cc3-c3cn(C)nc3C(F)(F)F)C2=O)c1. The van der Waals surface area contributed by atoms with Gasteiger partial charge in [0.15, 0.2) is 5.69 Å². The topological polar surface area (TPSA) is 81.1 Å². The van der Waals surface area contributed by atoms with E-state index in [1.807, 2.05) is 25.1 Å². The Hall–Kier alpha value is -4.42. The number of hydrogen-bond acceptors (Lipinski definition) is 4. The van der Waals surface area contributed by atoms with Gasteiger partial charge in [0.25, 0.3) is 5.91 Å². The van der Waals surface area contributed by atoms with Crippen LogP contribution in [0.1, 0.15) is 52.3 Å². The monoisotopic (exact) mass is 574 g/mol. The molecule has 216 valence electrons. The van der Waals surface area contributed by atoms with Crippen LogP contribution in [-0.2, 0) is 26.2 Å². The number of carbonyl (C=O) groups excluding carboxylic acids is 1. The molecular weight excluding hydrogens is 547 g/mol. The van der Waals surface area contributed by atoms with Crippen LogP contribution in [0.2, 0.25) is 0 Å². The normalized spacial score (nSPS) is 14.5. The lowest BCUT2D eigenvalue weighted by Crippen LogP contribution is -2.39. The fourth-order valence-electron chi connectivity index (χ4n) is 5.28. The number of carbonyl (C=O) groups is 1. The summed E-state index contributed by atoms with van der Waals surface area (Å²) in [4.78, 5) is 15.6. The van der Waals surface area contributed by atoms with E-state index in [0.717, 1.165) is 16.4 Å². The summed E-state index contributed by atoms with van der Waals surface area (Å²) in [5.41, 5.74) is 0.315. The van der Waals surface area contributed by atoms with Gasteiger partial charge in [0.2, 0.25) is 5.62 Å². The molecule has 1 atom stereocenters. The van der Waals surface area contributed by atoms with Crippen molar-refractivity contribution in [2.24, 2.45) is 7.05 Å². The fourth-order valence-corrected chi connectivity index (χ4v) is 5.28. The van der Waals surface area contributed by atoms with Crippen molar-refractivity contribution in [2.75, 3.05) is 13.7 Å². The number of aromatic nitrogens is 4. The fraction of sp³-hybridized carbons (Fsp3) is 0.321. The molecule has 13 heteroatoms. The van der Waals surface area contributed by atoms with E-state index >= 15 is 0 Å². The molecule has 0 unspecified atom stereocenters. The second kappa shape index (κ2) is 10.5. The van der Waals surface area contributed by atoms with Crippen molar-refractivity contribution < 1.29 is 31.5 Å². The molecule has 2 aromatic heterocycles. The van der Waals surface area contributed by atoms with E-state index in [-0.39, 0.29) is 48.1 Å². The van der Waals surface area contributed by atoms with Crippen LogP contribution in [-0.4, -0.2) is 43.4 Å². The van der Waals surface area contributed by atoms with Crippen LogP contribution in [0.15, 0.2) is 55.0 Å². The summed E-state index contributed by atoms with van der Waals surface area (Å²) in [6.07, 6.45) is -0.859. The zero-order valence-corrected chi connectivity index (χ0v) is 22.4. The van der Waals surface area contributed by atoms with Crippen molar-refractivity contribution in [1.29, 1.82) is 5.41 Å². The summed E-state index contributed by atoms with van der Waals surface area (Å²) in [6.45, 7) is -0.915. The van der Waals surface area contributed by atoms with Crippen molar-refractivity contribution in [2.45, 2.75) is 38.7 Å². The number of aryl methyl sites for hydroxylation is 1. The minimum Gasteiger partial charge on any atom is -0.497 e. The first-order valence-electron chi connectivity index (χ1n) is 12.7. The third-order valence-electron chi connectivity index (χ3n) is 7.32. The minimum absolute atomic E-state index is 0.112. The zero-order chi connectivity index (χ0) is 29.6. The molecule has 0 saturated carbocycles. The molecule has 3 heterocycles. The molecular formula is C28H27F5N6O2. The number of hydrogen-bond donors (Lipinski definition) is 1. The maximum absolute atomic E-state index is 14.0. The largest absolute Gasteiger partial charge is 0.497 e. The lowest BCUT2D eigenvalue weighted by molar-refractivity contribution is -0.141. The van der Waals surface area contributed by atoms with Crippen molar-refractivity contribution in [3.8, 4) is 16.9 Å². The van der Waals surface area contributed by atoms with Crippen LogP contribution in [0.25, 0.3) is 11.1 Å². The highest BCUT2D eigenvalue weighted by Gasteiger charge is 2.39. The van der Waals surface area contributed by atoms with Gasteiger partial charge in [0.1, 0.15) is 5.75 Å². The van der Waals surface area contributed by atoms with E-state index in [0.29, 0.717) is 21.4 Å². The number of ether oxygens (including phenoxy) is 1. The molecule has 0 aliphatic carbocycles. The number of alkyl halides is 5. The predicted octanol–water partition coefficient (Wildman–Crippen LogP) is 5.40. The predicted molar refractivity (Wildman–Crippen MR) is 138 cm³/mol. The molecule has 0 spiro atoms. The average molecular weight is 575 g/mol. The number of nitrogens with zero attached hydrogens (tertiary/aromatic N) is 5. The van der Waals surface area contributed by atoms with Crippen molar-refractivity contribution in [3.63, 3.8) is 0 Å². The highest BCUT2D eigenvalue weighted by molar-refractivity contribution is 5.99. The summed E-state index contributed by atoms with van der Waals surface area (Å²) in [6, 6.07) is 10.0. The van der Waals surface area contributed by atoms with E-state index in [1.54, 1.807) is 24.1 Å². The number of imidazole rings is 1. The number of rotatable bonds is 7. The standard InChI is InChI=1S/C28H27F5N6O2/c1-16(18-5-4-6-19(13-18)41-3)38-8-7-20-21(23-15-36(2)35-24(23)28(31,32)33)11-17(12-22(20)25(38)40)14-37-9-10-39(26(29)30)27(37)34/h4-6,9-13,15-16,26,34H,7-8,14H2,1-3H3/t16-/m0/s1. The lowest BCUT2D eigenvalue weighted by Gasteiger charge is -2.35. The maximum atomic E-state index is 14.0. The van der Waals surface area contributed by atoms with E-state index in [1.165, 1.54) is 30.1 Å². The summed E-state index contributed by atoms with van der Waals surface area (Å²) in [5.74, 6) is 0.252. The van der Waals surface area contributed by atoms with Gasteiger partial charge in [-0.2, -0.15) is 27.1 Å². The summed E-state index contributed by atoms with van der Waals surface area (Å²) in [7, 11) is 2.92. The third kappa shape index (κ3) is 5.23. The minimum atomic E-state index is -4.75. The number of fused-ring (bicyclic) bond motifs is 1. The smallest absolute Gasteiger partial charge is 0.435 e. The molecule has 1 N–H and O–H groups in total. The van der Waals surface area contributed by atoms with Gasteiger partial charge in [0, 0.05) is 43.3 Å². The van der Waals surface area contributed by atoms with Crippen LogP contribution >= 0.6 is 0 Å². The molecule has 5 rings (SSSR count). The average Bonchev–Trinajstić information content (AvgIpc) is 3.51. The molecule has 2 aromatic carbocycles. The molecule has 0 bridgehead atoms. The Kier molecular flexibility index (Phi) is 7.22. The van der Waals surface area contributed by atoms with Crippen LogP contribution in [0, 0.1) is 5.41 Å². The second-order valence-corrected chi connectivity index (χ2v) is 9.87. The zero-order valence-electron chi connectivity index (χ0n) is 22.4. The molecule has 8 nitrogen and oxygen atoms in total. The third-order valence-corrected chi connectivity index (χ3v) is 7.32. The van der Waals surface area contributed by atoms with Crippen LogP contribution in [0.3, 0.4) is 0 Å². The van der Waals surface area contributed by atoms with Gasteiger partial charge in [-0.15, -0.1) is 0 Å². The van der Waals surface area contributed by atoms with Gasteiger partial charge in [-0.05, 0) is 59.9 Å². The number of amides is 1. The molecule has 0 radical (unpaired) electrons. The van der Waals surface area contributed by atoms with Gasteiger partial charge in [-0.1, -0.05) is 12.1 Å². The van der Waals surface area contributed by atoms with Crippen LogP contribution in [0.4, 0.5) is 22.0 Å². The maximum Gasteiger partial charge on any atom is 0.435 e. The Morgan fingerprint density at radius 1 is 1.10 bits per heavy atom. The van der Waals surface area contributed by atoms with Crippen LogP contribution in [0.5, 0.6) is 5.75 Å². The first kappa shape index (κ1) is 28.1. The van der Waals surface area contributed by atoms with Gasteiger partial charge in [-0.3, -0.25) is 19.5 Å². The summed E-state index contributed by atoms with van der Waals surface area (Å²) < 4.78 is 76.6. The van der Waals surface area contributed by atoms with E-state index < -0.39 is 24.0 Å². The highest BCUT2D eigenvalue weighted by atomic mass is 19.4. The van der Waals surface area contributed by atoms with Gasteiger partial charge < -0.3 is 14.2 Å². The van der Waals surface area contributed by atoms with E-state index in [4.69, 9.17) is 10.1 Å². The van der Waals surface area contributed by atoms with Gasteiger partial charge >= 0.3 is 12.7 Å². The molecule has 1 amide bonds. The number of methoxy groups -OCH3 is 1. The number of halogens is 5. The first-order chi connectivity index (χ1) is 19.4. The Bertz CT molecular complexity index is 1670. The lowest BCUT2D eigenvalue weighted by atomic mass is 9.87. The second-order valence-electron chi connectivity index (χ2n) is 9.87.